The predicted molar refractivity (Wildman–Crippen MR) is 119 cm³/mol. The highest BCUT2D eigenvalue weighted by molar-refractivity contribution is 8.93. The monoisotopic (exact) mass is 417 g/mol. The summed E-state index contributed by atoms with van der Waals surface area (Å²) in [7, 11) is 0. The molecule has 0 bridgehead atoms. The molecule has 3 heteroatoms. The van der Waals surface area contributed by atoms with Crippen LogP contribution in [0.4, 0.5) is 0 Å². The first-order chi connectivity index (χ1) is 12.7. The summed E-state index contributed by atoms with van der Waals surface area (Å²) in [5.41, 5.74) is 6.46. The minimum atomic E-state index is 0. The van der Waals surface area contributed by atoms with E-state index in [-0.39, 0.29) is 17.0 Å². The molecule has 27 heavy (non-hydrogen) atoms. The molecule has 0 saturated carbocycles. The number of nitrogens with one attached hydrogen (secondary N) is 1. The Bertz CT molecular complexity index is 1270. The van der Waals surface area contributed by atoms with Crippen LogP contribution in [0, 0.1) is 13.8 Å². The van der Waals surface area contributed by atoms with Crippen molar-refractivity contribution in [3.8, 4) is 0 Å². The summed E-state index contributed by atoms with van der Waals surface area (Å²) < 4.78 is 2.28. The Hall–Kier alpha value is -2.65. The Balaban J connectivity index is 0.00000180. The van der Waals surface area contributed by atoms with Gasteiger partial charge in [0.25, 0.3) is 0 Å². The molecule has 0 spiro atoms. The van der Waals surface area contributed by atoms with Crippen LogP contribution in [0.2, 0.25) is 0 Å². The Labute approximate surface area is 169 Å². The number of H-pyrrole nitrogens is 1. The molecule has 0 aliphatic rings. The van der Waals surface area contributed by atoms with Crippen molar-refractivity contribution in [2.24, 2.45) is 0 Å². The third-order valence-corrected chi connectivity index (χ3v) is 5.49. The van der Waals surface area contributed by atoms with E-state index in [2.05, 4.69) is 96.5 Å². The zero-order chi connectivity index (χ0) is 17.7. The van der Waals surface area contributed by atoms with Gasteiger partial charge in [-0.05, 0) is 36.4 Å². The van der Waals surface area contributed by atoms with Crippen LogP contribution in [0.25, 0.3) is 32.6 Å². The number of fused-ring (bicyclic) bond motifs is 4. The van der Waals surface area contributed by atoms with E-state index in [0.29, 0.717) is 0 Å². The molecule has 5 rings (SSSR count). The average molecular weight is 418 g/mol. The Kier molecular flexibility index (Phi) is 4.48. The van der Waals surface area contributed by atoms with E-state index in [0.717, 1.165) is 6.54 Å². The lowest BCUT2D eigenvalue weighted by Crippen LogP contribution is -2.33. The Morgan fingerprint density at radius 3 is 2.33 bits per heavy atom. The van der Waals surface area contributed by atoms with Gasteiger partial charge in [0.1, 0.15) is 0 Å². The molecule has 2 nitrogen and oxygen atoms in total. The van der Waals surface area contributed by atoms with Crippen molar-refractivity contribution in [3.63, 3.8) is 0 Å². The second kappa shape index (κ2) is 6.82. The Morgan fingerprint density at radius 2 is 1.52 bits per heavy atom. The van der Waals surface area contributed by atoms with Crippen LogP contribution >= 0.6 is 17.0 Å². The molecule has 0 atom stereocenters. The molecule has 0 fully saturated rings. The van der Waals surface area contributed by atoms with Crippen molar-refractivity contribution < 1.29 is 4.57 Å². The molecule has 3 aromatic carbocycles. The van der Waals surface area contributed by atoms with Crippen molar-refractivity contribution in [1.82, 2.24) is 4.98 Å². The fourth-order valence-electron chi connectivity index (χ4n) is 4.14. The average Bonchev–Trinajstić information content (AvgIpc) is 3.07. The quantitative estimate of drug-likeness (QED) is 0.339. The highest BCUT2D eigenvalue weighted by Crippen LogP contribution is 2.35. The van der Waals surface area contributed by atoms with Crippen molar-refractivity contribution >= 4 is 49.6 Å². The maximum Gasteiger partial charge on any atom is 0.177 e. The summed E-state index contributed by atoms with van der Waals surface area (Å²) >= 11 is 0. The second-order valence-electron chi connectivity index (χ2n) is 7.10. The predicted octanol–water partition coefficient (Wildman–Crippen LogP) is 6.00. The number of para-hydroxylation sites is 1. The molecular weight excluding hydrogens is 396 g/mol. The lowest BCUT2D eigenvalue weighted by molar-refractivity contribution is -0.687. The van der Waals surface area contributed by atoms with Gasteiger partial charge in [-0.2, -0.15) is 0 Å². The van der Waals surface area contributed by atoms with E-state index >= 15 is 0 Å². The minimum Gasteiger partial charge on any atom is -0.354 e. The van der Waals surface area contributed by atoms with Gasteiger partial charge in [0.15, 0.2) is 18.9 Å². The van der Waals surface area contributed by atoms with E-state index in [1.807, 2.05) is 0 Å². The number of hydrogen-bond acceptors (Lipinski definition) is 0. The van der Waals surface area contributed by atoms with Gasteiger partial charge in [-0.15, -0.1) is 17.0 Å². The smallest absolute Gasteiger partial charge is 0.177 e. The van der Waals surface area contributed by atoms with Crippen LogP contribution in [0.1, 0.15) is 16.7 Å². The van der Waals surface area contributed by atoms with E-state index in [4.69, 9.17) is 0 Å². The maximum atomic E-state index is 3.63. The van der Waals surface area contributed by atoms with Gasteiger partial charge in [-0.25, -0.2) is 4.57 Å². The summed E-state index contributed by atoms with van der Waals surface area (Å²) in [6, 6.07) is 21.5. The van der Waals surface area contributed by atoms with Gasteiger partial charge in [0, 0.05) is 33.3 Å². The summed E-state index contributed by atoms with van der Waals surface area (Å²) in [6.45, 7) is 5.36. The number of rotatable bonds is 2. The molecule has 0 amide bonds. The number of aromatic amines is 1. The summed E-state index contributed by atoms with van der Waals surface area (Å²) in [5, 5.41) is 5.32. The zero-order valence-electron chi connectivity index (χ0n) is 15.5. The third kappa shape index (κ3) is 2.83. The first-order valence-electron chi connectivity index (χ1n) is 9.08. The topological polar surface area (TPSA) is 19.7 Å². The molecule has 0 unspecified atom stereocenters. The first-order valence-corrected chi connectivity index (χ1v) is 9.08. The molecule has 2 heterocycles. The number of pyridine rings is 1. The van der Waals surface area contributed by atoms with Crippen LogP contribution in [0.5, 0.6) is 0 Å². The highest BCUT2D eigenvalue weighted by atomic mass is 79.9. The summed E-state index contributed by atoms with van der Waals surface area (Å²) in [5.74, 6) is 0. The van der Waals surface area contributed by atoms with Gasteiger partial charge in [-0.1, -0.05) is 48.5 Å². The molecule has 134 valence electrons. The molecular formula is C24H22BrN2+. The number of nitrogens with zero attached hydrogens (tertiary/aromatic N) is 1. The Morgan fingerprint density at radius 1 is 0.778 bits per heavy atom. The SMILES string of the molecule is Br.Cc1c2cc[n+](Cc3ccccc3)cc2c(C)c2c1[nH]c1ccccc12. The van der Waals surface area contributed by atoms with Crippen LogP contribution in [0.15, 0.2) is 73.1 Å². The molecule has 5 aromatic rings. The number of benzene rings is 3. The molecule has 0 saturated heterocycles. The normalized spacial score (nSPS) is 11.2. The van der Waals surface area contributed by atoms with Crippen LogP contribution < -0.4 is 4.57 Å². The number of hydrogen-bond donors (Lipinski definition) is 1. The zero-order valence-corrected chi connectivity index (χ0v) is 17.2. The van der Waals surface area contributed by atoms with E-state index < -0.39 is 0 Å². The van der Waals surface area contributed by atoms with Gasteiger partial charge in [0.2, 0.25) is 0 Å². The minimum absolute atomic E-state index is 0. The van der Waals surface area contributed by atoms with E-state index in [1.165, 1.54) is 49.3 Å². The molecule has 0 radical (unpaired) electrons. The van der Waals surface area contributed by atoms with Crippen molar-refractivity contribution in [1.29, 1.82) is 0 Å². The summed E-state index contributed by atoms with van der Waals surface area (Å²) in [4.78, 5) is 3.63. The number of halogens is 1. The van der Waals surface area contributed by atoms with Crippen LogP contribution in [0.3, 0.4) is 0 Å². The van der Waals surface area contributed by atoms with E-state index in [9.17, 15) is 0 Å². The van der Waals surface area contributed by atoms with Crippen LogP contribution in [-0.2, 0) is 6.54 Å². The second-order valence-corrected chi connectivity index (χ2v) is 7.10. The first kappa shape index (κ1) is 17.7. The number of aryl methyl sites for hydroxylation is 2. The van der Waals surface area contributed by atoms with E-state index in [1.54, 1.807) is 0 Å². The van der Waals surface area contributed by atoms with Gasteiger partial charge < -0.3 is 4.98 Å². The molecule has 0 aliphatic carbocycles. The van der Waals surface area contributed by atoms with Gasteiger partial charge in [-0.3, -0.25) is 0 Å². The fraction of sp³-hybridized carbons (Fsp3) is 0.125. The third-order valence-electron chi connectivity index (χ3n) is 5.49. The van der Waals surface area contributed by atoms with Crippen molar-refractivity contribution in [3.05, 3.63) is 89.7 Å². The fourth-order valence-corrected chi connectivity index (χ4v) is 4.14. The highest BCUT2D eigenvalue weighted by Gasteiger charge is 2.16. The largest absolute Gasteiger partial charge is 0.354 e. The standard InChI is InChI=1S/C24H20N2.BrH/c1-16-21-15-26(14-18-8-4-3-5-9-18)13-12-19(21)17(2)24-23(16)20-10-6-7-11-22(20)25-24;/h3-13,15H,14H2,1-2H3;1H/p+1. The van der Waals surface area contributed by atoms with Crippen molar-refractivity contribution in [2.75, 3.05) is 0 Å². The lowest BCUT2D eigenvalue weighted by atomic mass is 9.97. The molecule has 1 N–H and O–H groups in total. The van der Waals surface area contributed by atoms with Gasteiger partial charge in [0.05, 0.1) is 5.52 Å². The van der Waals surface area contributed by atoms with Crippen LogP contribution in [-0.4, -0.2) is 4.98 Å². The number of aromatic nitrogens is 2. The maximum absolute atomic E-state index is 3.63. The summed E-state index contributed by atoms with van der Waals surface area (Å²) in [6.07, 6.45) is 4.49. The van der Waals surface area contributed by atoms with Gasteiger partial charge >= 0.3 is 0 Å². The molecule has 0 aliphatic heterocycles. The lowest BCUT2D eigenvalue weighted by Gasteiger charge is -2.08. The van der Waals surface area contributed by atoms with Crippen molar-refractivity contribution in [2.45, 2.75) is 20.4 Å². The molecule has 2 aromatic heterocycles.